The second-order valence-electron chi connectivity index (χ2n) is 2.87. The Morgan fingerprint density at radius 2 is 2.43 bits per heavy atom. The van der Waals surface area contributed by atoms with Crippen LogP contribution >= 0.6 is 15.9 Å². The molecule has 1 N–H and O–H groups in total. The van der Waals surface area contributed by atoms with E-state index in [0.717, 1.165) is 0 Å². The van der Waals surface area contributed by atoms with Gasteiger partial charge < -0.3 is 5.32 Å². The highest BCUT2D eigenvalue weighted by molar-refractivity contribution is 9.10. The molecular formula is C10H11BrN2O. The van der Waals surface area contributed by atoms with Crippen LogP contribution in [0.3, 0.4) is 0 Å². The zero-order chi connectivity index (χ0) is 10.6. The van der Waals surface area contributed by atoms with E-state index < -0.39 is 0 Å². The zero-order valence-electron chi connectivity index (χ0n) is 7.83. The molecule has 1 rings (SSSR count). The number of nitrogens with zero attached hydrogens (tertiary/aromatic N) is 1. The van der Waals surface area contributed by atoms with E-state index in [2.05, 4.69) is 32.8 Å². The van der Waals surface area contributed by atoms with E-state index in [1.54, 1.807) is 18.2 Å². The highest BCUT2D eigenvalue weighted by atomic mass is 79.9. The number of rotatable bonds is 3. The number of hydrogen-bond acceptors (Lipinski definition) is 2. The average Bonchev–Trinajstić information content (AvgIpc) is 2.18. The van der Waals surface area contributed by atoms with E-state index in [1.165, 1.54) is 6.20 Å². The molecule has 0 radical (unpaired) electrons. The summed E-state index contributed by atoms with van der Waals surface area (Å²) in [6.07, 6.45) is 3.19. The van der Waals surface area contributed by atoms with Crippen LogP contribution in [0.4, 0.5) is 0 Å². The number of nitrogens with one attached hydrogen (secondary N) is 1. The molecule has 0 aliphatic rings. The number of carbonyl (C=O) groups is 1. The van der Waals surface area contributed by atoms with Crippen molar-refractivity contribution in [1.82, 2.24) is 10.3 Å². The maximum Gasteiger partial charge on any atom is 0.253 e. The van der Waals surface area contributed by atoms with Gasteiger partial charge in [0.15, 0.2) is 0 Å². The van der Waals surface area contributed by atoms with Gasteiger partial charge in [0.1, 0.15) is 4.60 Å². The minimum absolute atomic E-state index is 0.0360. The van der Waals surface area contributed by atoms with Crippen LogP contribution in [0.2, 0.25) is 0 Å². The molecule has 0 spiro atoms. The molecule has 0 bridgehead atoms. The normalized spacial score (nSPS) is 11.9. The molecule has 4 heteroatoms. The van der Waals surface area contributed by atoms with E-state index >= 15 is 0 Å². The van der Waals surface area contributed by atoms with Gasteiger partial charge in [-0.2, -0.15) is 0 Å². The molecule has 0 aliphatic carbocycles. The van der Waals surface area contributed by atoms with Gasteiger partial charge in [0.05, 0.1) is 5.56 Å². The van der Waals surface area contributed by atoms with Crippen LogP contribution in [-0.2, 0) is 0 Å². The first kappa shape index (κ1) is 10.9. The van der Waals surface area contributed by atoms with Crippen LogP contribution in [0.25, 0.3) is 0 Å². The molecule has 1 amide bonds. The van der Waals surface area contributed by atoms with Crippen molar-refractivity contribution in [2.24, 2.45) is 0 Å². The number of amides is 1. The summed E-state index contributed by atoms with van der Waals surface area (Å²) in [5.74, 6) is -0.141. The predicted molar refractivity (Wildman–Crippen MR) is 59.1 cm³/mol. The average molecular weight is 255 g/mol. The van der Waals surface area contributed by atoms with Crippen LogP contribution in [0.15, 0.2) is 35.6 Å². The van der Waals surface area contributed by atoms with E-state index in [1.807, 2.05) is 6.92 Å². The Kier molecular flexibility index (Phi) is 3.83. The first-order chi connectivity index (χ1) is 6.63. The number of hydrogen-bond donors (Lipinski definition) is 1. The highest BCUT2D eigenvalue weighted by Gasteiger charge is 2.06. The zero-order valence-corrected chi connectivity index (χ0v) is 9.41. The minimum Gasteiger partial charge on any atom is -0.346 e. The second-order valence-corrected chi connectivity index (χ2v) is 3.68. The van der Waals surface area contributed by atoms with Crippen molar-refractivity contribution in [2.75, 3.05) is 0 Å². The third-order valence-corrected chi connectivity index (χ3v) is 2.17. The molecule has 0 fully saturated rings. The van der Waals surface area contributed by atoms with Gasteiger partial charge in [0.2, 0.25) is 0 Å². The number of carbonyl (C=O) groups excluding carboxylic acids is 1. The van der Waals surface area contributed by atoms with E-state index in [9.17, 15) is 4.79 Å². The van der Waals surface area contributed by atoms with Gasteiger partial charge in [-0.25, -0.2) is 4.98 Å². The van der Waals surface area contributed by atoms with Crippen LogP contribution in [0.5, 0.6) is 0 Å². The number of aromatic nitrogens is 1. The molecule has 0 aliphatic heterocycles. The van der Waals surface area contributed by atoms with Crippen LogP contribution in [0, 0.1) is 0 Å². The molecule has 1 atom stereocenters. The fraction of sp³-hybridized carbons (Fsp3) is 0.200. The van der Waals surface area contributed by atoms with Crippen molar-refractivity contribution in [3.8, 4) is 0 Å². The van der Waals surface area contributed by atoms with Crippen LogP contribution in [-0.4, -0.2) is 16.9 Å². The lowest BCUT2D eigenvalue weighted by atomic mass is 10.2. The Hall–Kier alpha value is -1.16. The Labute approximate surface area is 91.4 Å². The molecule has 0 saturated heterocycles. The number of halogens is 1. The summed E-state index contributed by atoms with van der Waals surface area (Å²) in [6.45, 7) is 5.44. The Morgan fingerprint density at radius 3 is 2.93 bits per heavy atom. The standard InChI is InChI=1S/C10H11BrN2O/c1-3-7(2)13-10(14)8-4-5-9(11)12-6-8/h3-7H,1H2,2H3,(H,13,14). The second kappa shape index (κ2) is 4.91. The summed E-state index contributed by atoms with van der Waals surface area (Å²) in [7, 11) is 0. The summed E-state index contributed by atoms with van der Waals surface area (Å²) in [5.41, 5.74) is 0.543. The minimum atomic E-state index is -0.141. The molecule has 1 unspecified atom stereocenters. The van der Waals surface area contributed by atoms with Crippen LogP contribution < -0.4 is 5.32 Å². The molecule has 3 nitrogen and oxygen atoms in total. The van der Waals surface area contributed by atoms with Crippen molar-refractivity contribution in [3.05, 3.63) is 41.2 Å². The maximum absolute atomic E-state index is 11.5. The fourth-order valence-corrected chi connectivity index (χ4v) is 1.09. The van der Waals surface area contributed by atoms with Gasteiger partial charge in [-0.3, -0.25) is 4.79 Å². The Balaban J connectivity index is 2.70. The molecule has 1 aromatic rings. The quantitative estimate of drug-likeness (QED) is 0.664. The van der Waals surface area contributed by atoms with Gasteiger partial charge in [-0.15, -0.1) is 6.58 Å². The summed E-state index contributed by atoms with van der Waals surface area (Å²) in [6, 6.07) is 3.40. The first-order valence-corrected chi connectivity index (χ1v) is 4.97. The third-order valence-electron chi connectivity index (χ3n) is 1.70. The molecule has 14 heavy (non-hydrogen) atoms. The fourth-order valence-electron chi connectivity index (χ4n) is 0.859. The van der Waals surface area contributed by atoms with E-state index in [4.69, 9.17) is 0 Å². The van der Waals surface area contributed by atoms with E-state index in [-0.39, 0.29) is 11.9 Å². The molecule has 74 valence electrons. The molecule has 0 aromatic carbocycles. The van der Waals surface area contributed by atoms with Gasteiger partial charge in [-0.1, -0.05) is 6.08 Å². The van der Waals surface area contributed by atoms with E-state index in [0.29, 0.717) is 10.2 Å². The van der Waals surface area contributed by atoms with Crippen LogP contribution in [0.1, 0.15) is 17.3 Å². The van der Waals surface area contributed by atoms with Gasteiger partial charge >= 0.3 is 0 Å². The van der Waals surface area contributed by atoms with Crippen molar-refractivity contribution in [1.29, 1.82) is 0 Å². The summed E-state index contributed by atoms with van der Waals surface area (Å²) in [4.78, 5) is 15.5. The van der Waals surface area contributed by atoms with Gasteiger partial charge in [-0.05, 0) is 35.0 Å². The molecule has 1 heterocycles. The molecule has 1 aromatic heterocycles. The summed E-state index contributed by atoms with van der Waals surface area (Å²) in [5, 5.41) is 2.75. The van der Waals surface area contributed by atoms with Gasteiger partial charge in [0, 0.05) is 12.2 Å². The topological polar surface area (TPSA) is 42.0 Å². The first-order valence-electron chi connectivity index (χ1n) is 4.18. The molecular weight excluding hydrogens is 244 g/mol. The van der Waals surface area contributed by atoms with Crippen molar-refractivity contribution in [3.63, 3.8) is 0 Å². The molecule has 0 saturated carbocycles. The monoisotopic (exact) mass is 254 g/mol. The summed E-state index contributed by atoms with van der Waals surface area (Å²) < 4.78 is 0.714. The Bertz CT molecular complexity index is 334. The van der Waals surface area contributed by atoms with Crippen molar-refractivity contribution in [2.45, 2.75) is 13.0 Å². The highest BCUT2D eigenvalue weighted by Crippen LogP contribution is 2.06. The number of pyridine rings is 1. The smallest absolute Gasteiger partial charge is 0.253 e. The lowest BCUT2D eigenvalue weighted by Gasteiger charge is -2.08. The van der Waals surface area contributed by atoms with Crippen molar-refractivity contribution >= 4 is 21.8 Å². The largest absolute Gasteiger partial charge is 0.346 e. The predicted octanol–water partition coefficient (Wildman–Crippen LogP) is 2.15. The summed E-state index contributed by atoms with van der Waals surface area (Å²) >= 11 is 3.20. The third kappa shape index (κ3) is 2.96. The maximum atomic E-state index is 11.5. The lowest BCUT2D eigenvalue weighted by Crippen LogP contribution is -2.30. The SMILES string of the molecule is C=CC(C)NC(=O)c1ccc(Br)nc1. The Morgan fingerprint density at radius 1 is 1.71 bits per heavy atom. The van der Waals surface area contributed by atoms with Gasteiger partial charge in [0.25, 0.3) is 5.91 Å². The van der Waals surface area contributed by atoms with Crippen molar-refractivity contribution < 1.29 is 4.79 Å². The lowest BCUT2D eigenvalue weighted by molar-refractivity contribution is 0.0946.